The average molecular weight is 412 g/mol. The highest BCUT2D eigenvalue weighted by atomic mass is 35.5. The molecule has 138 valence electrons. The van der Waals surface area contributed by atoms with Gasteiger partial charge in [-0.3, -0.25) is 4.79 Å². The van der Waals surface area contributed by atoms with Crippen LogP contribution in [0.4, 0.5) is 5.69 Å². The molecule has 1 amide bonds. The van der Waals surface area contributed by atoms with Crippen LogP contribution in [0.25, 0.3) is 43.1 Å². The van der Waals surface area contributed by atoms with Gasteiger partial charge in [-0.05, 0) is 39.8 Å². The third-order valence-electron chi connectivity index (χ3n) is 5.54. The number of rotatable bonds is 2. The lowest BCUT2D eigenvalue weighted by molar-refractivity contribution is 0.103. The van der Waals surface area contributed by atoms with E-state index in [1.165, 1.54) is 39.0 Å². The molecule has 1 aromatic heterocycles. The van der Waals surface area contributed by atoms with E-state index in [1.807, 2.05) is 36.4 Å². The second-order valence-electron chi connectivity index (χ2n) is 7.13. The number of benzene rings is 4. The molecule has 0 saturated heterocycles. The molecule has 29 heavy (non-hydrogen) atoms. The average Bonchev–Trinajstić information content (AvgIpc) is 3.27. The zero-order chi connectivity index (χ0) is 19.5. The first-order chi connectivity index (χ1) is 14.2. The van der Waals surface area contributed by atoms with Crippen LogP contribution in [0.3, 0.4) is 0 Å². The van der Waals surface area contributed by atoms with Gasteiger partial charge in [0.1, 0.15) is 4.88 Å². The summed E-state index contributed by atoms with van der Waals surface area (Å²) >= 11 is 7.93. The second kappa shape index (κ2) is 6.18. The van der Waals surface area contributed by atoms with Gasteiger partial charge < -0.3 is 5.32 Å². The second-order valence-corrected chi connectivity index (χ2v) is 8.56. The number of hydrogen-bond acceptors (Lipinski definition) is 2. The molecule has 0 saturated carbocycles. The SMILES string of the molecule is O=C(Nc1ccc2c3c(cccc13)-c1ccccc1-2)c1sc2ccccc2c1Cl. The minimum absolute atomic E-state index is 0.174. The smallest absolute Gasteiger partial charge is 0.267 e. The van der Waals surface area contributed by atoms with Crippen molar-refractivity contribution >= 4 is 55.4 Å². The van der Waals surface area contributed by atoms with Crippen LogP contribution in [0.2, 0.25) is 5.02 Å². The van der Waals surface area contributed by atoms with Gasteiger partial charge in [0.25, 0.3) is 5.91 Å². The van der Waals surface area contributed by atoms with Crippen LogP contribution >= 0.6 is 22.9 Å². The number of halogens is 1. The topological polar surface area (TPSA) is 29.1 Å². The molecule has 0 atom stereocenters. The molecule has 1 aliphatic rings. The van der Waals surface area contributed by atoms with Crippen molar-refractivity contribution in [2.24, 2.45) is 0 Å². The largest absolute Gasteiger partial charge is 0.321 e. The fourth-order valence-electron chi connectivity index (χ4n) is 4.26. The van der Waals surface area contributed by atoms with E-state index in [1.54, 1.807) is 0 Å². The van der Waals surface area contributed by atoms with Crippen molar-refractivity contribution in [2.75, 3.05) is 5.32 Å². The van der Waals surface area contributed by atoms with E-state index in [2.05, 4.69) is 47.8 Å². The fourth-order valence-corrected chi connectivity index (χ4v) is 5.67. The van der Waals surface area contributed by atoms with Crippen LogP contribution in [0.5, 0.6) is 0 Å². The fraction of sp³-hybridized carbons (Fsp3) is 0. The molecule has 6 rings (SSSR count). The van der Waals surface area contributed by atoms with E-state index in [4.69, 9.17) is 11.6 Å². The zero-order valence-corrected chi connectivity index (χ0v) is 16.8. The number of carbonyl (C=O) groups excluding carboxylic acids is 1. The van der Waals surface area contributed by atoms with E-state index in [9.17, 15) is 4.79 Å². The number of amides is 1. The summed E-state index contributed by atoms with van der Waals surface area (Å²) in [6.07, 6.45) is 0. The van der Waals surface area contributed by atoms with Crippen molar-refractivity contribution in [3.63, 3.8) is 0 Å². The quantitative estimate of drug-likeness (QED) is 0.312. The molecule has 0 fully saturated rings. The maximum Gasteiger partial charge on any atom is 0.267 e. The number of anilines is 1. The highest BCUT2D eigenvalue weighted by molar-refractivity contribution is 7.21. The van der Waals surface area contributed by atoms with E-state index in [0.29, 0.717) is 9.90 Å². The summed E-state index contributed by atoms with van der Waals surface area (Å²) in [6.45, 7) is 0. The summed E-state index contributed by atoms with van der Waals surface area (Å²) in [7, 11) is 0. The Morgan fingerprint density at radius 1 is 0.724 bits per heavy atom. The number of hydrogen-bond donors (Lipinski definition) is 1. The van der Waals surface area contributed by atoms with Crippen molar-refractivity contribution in [1.82, 2.24) is 0 Å². The lowest BCUT2D eigenvalue weighted by atomic mass is 10.0. The normalized spacial score (nSPS) is 11.8. The van der Waals surface area contributed by atoms with Gasteiger partial charge in [-0.25, -0.2) is 0 Å². The molecule has 1 N–H and O–H groups in total. The van der Waals surface area contributed by atoms with Crippen LogP contribution in [0.15, 0.2) is 78.9 Å². The first-order valence-electron chi connectivity index (χ1n) is 9.36. The van der Waals surface area contributed by atoms with Gasteiger partial charge in [0, 0.05) is 21.2 Å². The molecule has 1 aliphatic carbocycles. The van der Waals surface area contributed by atoms with Crippen LogP contribution in [0, 0.1) is 0 Å². The maximum atomic E-state index is 13.1. The number of carbonyl (C=O) groups is 1. The maximum absolute atomic E-state index is 13.1. The standard InChI is InChI=1S/C25H14ClNOS/c26-23-19-8-3-4-11-21(19)29-24(23)25(28)27-20-13-12-17-15-7-2-1-6-14(15)16-9-5-10-18(20)22(16)17/h1-13H,(H,27,28). The number of nitrogens with one attached hydrogen (secondary N) is 1. The summed E-state index contributed by atoms with van der Waals surface area (Å²) in [5.41, 5.74) is 5.71. The van der Waals surface area contributed by atoms with Gasteiger partial charge in [-0.15, -0.1) is 11.3 Å². The van der Waals surface area contributed by atoms with Gasteiger partial charge in [0.15, 0.2) is 0 Å². The van der Waals surface area contributed by atoms with Gasteiger partial charge in [0.05, 0.1) is 5.02 Å². The molecule has 4 aromatic carbocycles. The molecule has 2 nitrogen and oxygen atoms in total. The van der Waals surface area contributed by atoms with E-state index in [0.717, 1.165) is 21.2 Å². The number of thiophene rings is 1. The van der Waals surface area contributed by atoms with Gasteiger partial charge in [-0.2, -0.15) is 0 Å². The predicted molar refractivity (Wildman–Crippen MR) is 123 cm³/mol. The van der Waals surface area contributed by atoms with Crippen molar-refractivity contribution in [3.8, 4) is 22.3 Å². The van der Waals surface area contributed by atoms with Crippen LogP contribution in [-0.2, 0) is 0 Å². The molecule has 1 heterocycles. The van der Waals surface area contributed by atoms with E-state index < -0.39 is 0 Å². The summed E-state index contributed by atoms with van der Waals surface area (Å²) in [4.78, 5) is 13.6. The molecule has 0 bridgehead atoms. The summed E-state index contributed by atoms with van der Waals surface area (Å²) < 4.78 is 1.01. The predicted octanol–water partition coefficient (Wildman–Crippen LogP) is 7.61. The number of fused-ring (bicyclic) bond motifs is 4. The molecule has 5 aromatic rings. The molecule has 0 unspecified atom stereocenters. The van der Waals surface area contributed by atoms with Gasteiger partial charge in [-0.1, -0.05) is 78.3 Å². The molecule has 0 aliphatic heterocycles. The monoisotopic (exact) mass is 411 g/mol. The highest BCUT2D eigenvalue weighted by Crippen LogP contribution is 2.48. The molecule has 4 heteroatoms. The molecular weight excluding hydrogens is 398 g/mol. The zero-order valence-electron chi connectivity index (χ0n) is 15.2. The minimum atomic E-state index is -0.174. The van der Waals surface area contributed by atoms with Crippen molar-refractivity contribution in [2.45, 2.75) is 0 Å². The van der Waals surface area contributed by atoms with Crippen molar-refractivity contribution in [1.29, 1.82) is 0 Å². The first-order valence-corrected chi connectivity index (χ1v) is 10.6. The minimum Gasteiger partial charge on any atom is -0.321 e. The Morgan fingerprint density at radius 2 is 1.38 bits per heavy atom. The van der Waals surface area contributed by atoms with Crippen LogP contribution < -0.4 is 5.32 Å². The Hall–Kier alpha value is -3.14. The highest BCUT2D eigenvalue weighted by Gasteiger charge is 2.23. The summed E-state index contributed by atoms with van der Waals surface area (Å²) in [5.74, 6) is -0.174. The lowest BCUT2D eigenvalue weighted by Gasteiger charge is -2.10. The Labute approximate surface area is 176 Å². The van der Waals surface area contributed by atoms with Crippen molar-refractivity contribution < 1.29 is 4.79 Å². The lowest BCUT2D eigenvalue weighted by Crippen LogP contribution is -2.11. The van der Waals surface area contributed by atoms with E-state index in [-0.39, 0.29) is 5.91 Å². The third kappa shape index (κ3) is 2.38. The van der Waals surface area contributed by atoms with Crippen molar-refractivity contribution in [3.05, 3.63) is 88.8 Å². The van der Waals surface area contributed by atoms with Gasteiger partial charge >= 0.3 is 0 Å². The Bertz CT molecular complexity index is 1440. The first kappa shape index (κ1) is 16.8. The Balaban J connectivity index is 1.47. The Kier molecular flexibility index (Phi) is 3.58. The molecular formula is C25H14ClNOS. The Morgan fingerprint density at radius 3 is 2.17 bits per heavy atom. The summed E-state index contributed by atoms with van der Waals surface area (Å²) in [5, 5.41) is 6.76. The van der Waals surface area contributed by atoms with Crippen LogP contribution in [0.1, 0.15) is 9.67 Å². The third-order valence-corrected chi connectivity index (χ3v) is 7.21. The van der Waals surface area contributed by atoms with Crippen LogP contribution in [-0.4, -0.2) is 5.91 Å². The van der Waals surface area contributed by atoms with Gasteiger partial charge in [0.2, 0.25) is 0 Å². The van der Waals surface area contributed by atoms with E-state index >= 15 is 0 Å². The molecule has 0 radical (unpaired) electrons. The summed E-state index contributed by atoms with van der Waals surface area (Å²) in [6, 6.07) is 26.6. The molecule has 0 spiro atoms.